The van der Waals surface area contributed by atoms with E-state index in [0.29, 0.717) is 44.9 Å². The van der Waals surface area contributed by atoms with E-state index >= 15 is 0 Å². The van der Waals surface area contributed by atoms with Gasteiger partial charge in [0.05, 0.1) is 5.56 Å². The molecule has 0 atom stereocenters. The number of carbonyl (C=O) groups is 3. The monoisotopic (exact) mass is 482 g/mol. The molecule has 4 rings (SSSR count). The van der Waals surface area contributed by atoms with Gasteiger partial charge in [-0.1, -0.05) is 43.5 Å². The highest BCUT2D eigenvalue weighted by Crippen LogP contribution is 2.48. The van der Waals surface area contributed by atoms with Gasteiger partial charge in [-0.3, -0.25) is 0 Å². The molecule has 0 spiro atoms. The number of cyclic esters (lactones) is 1. The molecule has 0 bridgehead atoms. The summed E-state index contributed by atoms with van der Waals surface area (Å²) in [7, 11) is 0. The van der Waals surface area contributed by atoms with Crippen LogP contribution < -0.4 is 9.47 Å². The quantitative estimate of drug-likeness (QED) is 0.254. The van der Waals surface area contributed by atoms with E-state index in [4.69, 9.17) is 14.2 Å². The number of fused-ring (bicyclic) bond motifs is 1. The minimum absolute atomic E-state index is 0.288. The molecule has 0 aliphatic carbocycles. The predicted molar refractivity (Wildman–Crippen MR) is 135 cm³/mol. The van der Waals surface area contributed by atoms with Gasteiger partial charge < -0.3 is 14.2 Å². The first-order chi connectivity index (χ1) is 17.0. The lowest BCUT2D eigenvalue weighted by atomic mass is 9.79. The Hall–Kier alpha value is -4.45. The maximum Gasteiger partial charge on any atom is 0.340 e. The van der Waals surface area contributed by atoms with Crippen LogP contribution in [-0.2, 0) is 19.9 Å². The predicted octanol–water partition coefficient (Wildman–Crippen LogP) is 5.73. The Bertz CT molecular complexity index is 1370. The SMILES string of the molecule is C=C(C)C(=O)Oc1ccc(C2(c3ccc(OC(=O)C(=C)C)c(C)c3)OC(=O)c3ccccc32)cc1C. The molecule has 36 heavy (non-hydrogen) atoms. The maximum absolute atomic E-state index is 13.0. The van der Waals surface area contributed by atoms with E-state index < -0.39 is 23.5 Å². The van der Waals surface area contributed by atoms with Crippen molar-refractivity contribution in [3.63, 3.8) is 0 Å². The molecule has 0 fully saturated rings. The van der Waals surface area contributed by atoms with Crippen molar-refractivity contribution in [2.24, 2.45) is 0 Å². The van der Waals surface area contributed by atoms with Crippen LogP contribution >= 0.6 is 0 Å². The summed E-state index contributed by atoms with van der Waals surface area (Å²) in [5.41, 5.74) is 3.20. The molecular weight excluding hydrogens is 456 g/mol. The van der Waals surface area contributed by atoms with Crippen LogP contribution in [0.3, 0.4) is 0 Å². The number of ether oxygens (including phenoxy) is 3. The minimum Gasteiger partial charge on any atom is -0.441 e. The average molecular weight is 483 g/mol. The Kier molecular flexibility index (Phi) is 6.37. The highest BCUT2D eigenvalue weighted by atomic mass is 16.6. The summed E-state index contributed by atoms with van der Waals surface area (Å²) < 4.78 is 17.0. The van der Waals surface area contributed by atoms with Gasteiger partial charge >= 0.3 is 17.9 Å². The van der Waals surface area contributed by atoms with Gasteiger partial charge in [-0.2, -0.15) is 0 Å². The fraction of sp³-hybridized carbons (Fsp3) is 0.167. The second kappa shape index (κ2) is 9.30. The Morgan fingerprint density at radius 2 is 1.25 bits per heavy atom. The lowest BCUT2D eigenvalue weighted by molar-refractivity contribution is -0.131. The van der Waals surface area contributed by atoms with Gasteiger partial charge in [0.1, 0.15) is 11.5 Å². The van der Waals surface area contributed by atoms with E-state index in [2.05, 4.69) is 13.2 Å². The van der Waals surface area contributed by atoms with Gasteiger partial charge in [-0.15, -0.1) is 0 Å². The average Bonchev–Trinajstić information content (AvgIpc) is 3.14. The van der Waals surface area contributed by atoms with Crippen LogP contribution in [0.5, 0.6) is 11.5 Å². The van der Waals surface area contributed by atoms with E-state index in [1.54, 1.807) is 50.2 Å². The molecule has 0 N–H and O–H groups in total. The van der Waals surface area contributed by atoms with Crippen LogP contribution in [0.25, 0.3) is 0 Å². The van der Waals surface area contributed by atoms with Crippen LogP contribution in [0.1, 0.15) is 52.0 Å². The van der Waals surface area contributed by atoms with E-state index in [0.717, 1.165) is 0 Å². The Labute approximate surface area is 209 Å². The third-order valence-electron chi connectivity index (χ3n) is 6.04. The normalized spacial score (nSPS) is 13.4. The molecule has 6 heteroatoms. The first-order valence-corrected chi connectivity index (χ1v) is 11.3. The van der Waals surface area contributed by atoms with Crippen LogP contribution in [0.2, 0.25) is 0 Å². The van der Waals surface area contributed by atoms with Crippen molar-refractivity contribution in [1.82, 2.24) is 0 Å². The number of carbonyl (C=O) groups excluding carboxylic acids is 3. The van der Waals surface area contributed by atoms with Crippen molar-refractivity contribution < 1.29 is 28.6 Å². The third kappa shape index (κ3) is 4.22. The van der Waals surface area contributed by atoms with Crippen LogP contribution in [-0.4, -0.2) is 17.9 Å². The van der Waals surface area contributed by atoms with Crippen molar-refractivity contribution in [2.45, 2.75) is 33.3 Å². The van der Waals surface area contributed by atoms with Crippen molar-refractivity contribution in [3.8, 4) is 11.5 Å². The summed E-state index contributed by atoms with van der Waals surface area (Å²) in [6, 6.07) is 17.8. The van der Waals surface area contributed by atoms with E-state index in [1.807, 2.05) is 38.1 Å². The van der Waals surface area contributed by atoms with Crippen LogP contribution in [0.15, 0.2) is 85.0 Å². The molecular formula is C30H26O6. The maximum atomic E-state index is 13.0. The summed E-state index contributed by atoms with van der Waals surface area (Å²) >= 11 is 0. The van der Waals surface area contributed by atoms with Crippen molar-refractivity contribution in [2.75, 3.05) is 0 Å². The molecule has 0 unspecified atom stereocenters. The van der Waals surface area contributed by atoms with E-state index in [9.17, 15) is 14.4 Å². The fourth-order valence-corrected chi connectivity index (χ4v) is 4.15. The second-order valence-corrected chi connectivity index (χ2v) is 8.92. The van der Waals surface area contributed by atoms with Gasteiger partial charge in [-0.05, 0) is 69.2 Å². The highest BCUT2D eigenvalue weighted by molar-refractivity contribution is 5.96. The topological polar surface area (TPSA) is 78.9 Å². The third-order valence-corrected chi connectivity index (χ3v) is 6.04. The molecule has 0 radical (unpaired) electrons. The molecule has 0 aromatic heterocycles. The summed E-state index contributed by atoms with van der Waals surface area (Å²) in [5.74, 6) is -0.714. The molecule has 3 aromatic carbocycles. The van der Waals surface area contributed by atoms with E-state index in [1.165, 1.54) is 0 Å². The lowest BCUT2D eigenvalue weighted by Gasteiger charge is -2.31. The van der Waals surface area contributed by atoms with Crippen molar-refractivity contribution in [3.05, 3.63) is 118 Å². The molecule has 6 nitrogen and oxygen atoms in total. The Morgan fingerprint density at radius 1 is 0.778 bits per heavy atom. The zero-order valence-electron chi connectivity index (χ0n) is 20.6. The smallest absolute Gasteiger partial charge is 0.340 e. The molecule has 0 saturated heterocycles. The number of benzene rings is 3. The fourth-order valence-electron chi connectivity index (χ4n) is 4.15. The number of hydrogen-bond donors (Lipinski definition) is 0. The number of aryl methyl sites for hydroxylation is 2. The highest BCUT2D eigenvalue weighted by Gasteiger charge is 2.48. The van der Waals surface area contributed by atoms with Gasteiger partial charge in [0.25, 0.3) is 0 Å². The first kappa shape index (κ1) is 24.7. The Balaban J connectivity index is 1.87. The number of hydrogen-bond acceptors (Lipinski definition) is 6. The molecule has 3 aromatic rings. The summed E-state index contributed by atoms with van der Waals surface area (Å²) in [4.78, 5) is 37.1. The number of esters is 3. The first-order valence-electron chi connectivity index (χ1n) is 11.3. The zero-order chi connectivity index (χ0) is 26.2. The van der Waals surface area contributed by atoms with Gasteiger partial charge in [0, 0.05) is 27.8 Å². The van der Waals surface area contributed by atoms with Gasteiger partial charge in [0.2, 0.25) is 0 Å². The second-order valence-electron chi connectivity index (χ2n) is 8.92. The minimum atomic E-state index is -1.25. The zero-order valence-corrected chi connectivity index (χ0v) is 20.6. The Morgan fingerprint density at radius 3 is 1.69 bits per heavy atom. The molecule has 0 saturated carbocycles. The van der Waals surface area contributed by atoms with Gasteiger partial charge in [-0.25, -0.2) is 14.4 Å². The van der Waals surface area contributed by atoms with Crippen LogP contribution in [0, 0.1) is 13.8 Å². The molecule has 0 amide bonds. The van der Waals surface area contributed by atoms with Gasteiger partial charge in [0.15, 0.2) is 5.60 Å². The van der Waals surface area contributed by atoms with Crippen molar-refractivity contribution >= 4 is 17.9 Å². The molecule has 1 aliphatic heterocycles. The molecule has 182 valence electrons. The summed E-state index contributed by atoms with van der Waals surface area (Å²) in [6.07, 6.45) is 0. The molecule has 1 aliphatic rings. The largest absolute Gasteiger partial charge is 0.441 e. The van der Waals surface area contributed by atoms with Crippen LogP contribution in [0.4, 0.5) is 0 Å². The number of rotatable bonds is 6. The summed E-state index contributed by atoms with van der Waals surface area (Å²) in [5, 5.41) is 0. The van der Waals surface area contributed by atoms with E-state index in [-0.39, 0.29) is 11.1 Å². The molecule has 1 heterocycles. The standard InChI is InChI=1S/C30H26O6/c1-17(2)27(31)34-25-13-11-21(15-19(25)5)30(24-10-8-7-9-23(24)29(33)36-30)22-12-14-26(20(6)16-22)35-28(32)18(3)4/h7-16H,1,3H2,2,4-6H3. The summed E-state index contributed by atoms with van der Waals surface area (Å²) in [6.45, 7) is 14.0. The lowest BCUT2D eigenvalue weighted by Crippen LogP contribution is -2.30. The van der Waals surface area contributed by atoms with Crippen molar-refractivity contribution in [1.29, 1.82) is 0 Å².